The Kier molecular flexibility index (Phi) is 7.49. The zero-order valence-corrected chi connectivity index (χ0v) is 20.3. The third kappa shape index (κ3) is 5.63. The van der Waals surface area contributed by atoms with E-state index < -0.39 is 11.5 Å². The molecule has 0 atom stereocenters. The van der Waals surface area contributed by atoms with Crippen molar-refractivity contribution < 1.29 is 19.8 Å². The molecule has 4 rings (SSSR count). The molecular formula is C27H31N5O4. The van der Waals surface area contributed by atoms with Crippen LogP contribution in [0.2, 0.25) is 0 Å². The highest BCUT2D eigenvalue weighted by molar-refractivity contribution is 6.47. The molecule has 2 amide bonds. The van der Waals surface area contributed by atoms with Crippen LogP contribution in [0, 0.1) is 5.41 Å². The highest BCUT2D eigenvalue weighted by Crippen LogP contribution is 2.27. The van der Waals surface area contributed by atoms with E-state index in [9.17, 15) is 19.8 Å². The third-order valence-electron chi connectivity index (χ3n) is 6.64. The Hall–Kier alpha value is -3.98. The number of hydrogen-bond acceptors (Lipinski definition) is 7. The number of likely N-dealkylation sites (tertiary alicyclic amines) is 1. The fourth-order valence-electron chi connectivity index (χ4n) is 4.55. The van der Waals surface area contributed by atoms with E-state index in [1.165, 1.54) is 23.4 Å². The summed E-state index contributed by atoms with van der Waals surface area (Å²) in [5.41, 5.74) is 0.845. The van der Waals surface area contributed by atoms with Crippen LogP contribution in [0.4, 0.5) is 0 Å². The van der Waals surface area contributed by atoms with Gasteiger partial charge in [0.2, 0.25) is 5.91 Å². The van der Waals surface area contributed by atoms with Gasteiger partial charge in [0.15, 0.2) is 0 Å². The Morgan fingerprint density at radius 1 is 1.14 bits per heavy atom. The number of nitrogens with one attached hydrogen (secondary N) is 2. The molecule has 9 heteroatoms. The van der Waals surface area contributed by atoms with E-state index in [2.05, 4.69) is 10.3 Å². The first-order valence-electron chi connectivity index (χ1n) is 12.0. The maximum Gasteiger partial charge on any atom is 0.279 e. The molecule has 1 fully saturated rings. The molecule has 1 saturated heterocycles. The topological polar surface area (TPSA) is 129 Å². The number of aliphatic imine (C=N–C) groups is 1. The SMILES string of the molecule is CN/C(=C1/N=CN(CC2(O)CCN(C(=O)CCc3ccccc3)CC2)C(=O)C1=N)c1cccc(O)c1. The normalized spacial score (nSPS) is 18.8. The van der Waals surface area contributed by atoms with Crippen LogP contribution in [0.3, 0.4) is 0 Å². The largest absolute Gasteiger partial charge is 0.508 e. The predicted octanol–water partition coefficient (Wildman–Crippen LogP) is 2.16. The van der Waals surface area contributed by atoms with Crippen LogP contribution in [0.25, 0.3) is 5.70 Å². The second-order valence-electron chi connectivity index (χ2n) is 9.17. The van der Waals surface area contributed by atoms with Gasteiger partial charge < -0.3 is 20.4 Å². The number of piperidine rings is 1. The van der Waals surface area contributed by atoms with E-state index in [0.29, 0.717) is 50.0 Å². The second kappa shape index (κ2) is 10.7. The van der Waals surface area contributed by atoms with E-state index in [0.717, 1.165) is 5.56 Å². The molecule has 36 heavy (non-hydrogen) atoms. The quantitative estimate of drug-likeness (QED) is 0.474. The van der Waals surface area contributed by atoms with Crippen LogP contribution in [0.1, 0.15) is 30.4 Å². The minimum absolute atomic E-state index is 0.00193. The number of nitrogens with zero attached hydrogens (tertiary/aromatic N) is 3. The number of aromatic hydroxyl groups is 1. The van der Waals surface area contributed by atoms with Crippen molar-refractivity contribution in [2.24, 2.45) is 4.99 Å². The summed E-state index contributed by atoms with van der Waals surface area (Å²) in [6, 6.07) is 16.3. The van der Waals surface area contributed by atoms with Crippen LogP contribution >= 0.6 is 0 Å². The summed E-state index contributed by atoms with van der Waals surface area (Å²) in [7, 11) is 1.66. The number of benzene rings is 2. The van der Waals surface area contributed by atoms with Gasteiger partial charge in [-0.05, 0) is 37.0 Å². The zero-order chi connectivity index (χ0) is 25.7. The van der Waals surface area contributed by atoms with Gasteiger partial charge >= 0.3 is 0 Å². The molecule has 2 aliphatic heterocycles. The molecule has 2 aliphatic rings. The van der Waals surface area contributed by atoms with Crippen molar-refractivity contribution in [3.63, 3.8) is 0 Å². The lowest BCUT2D eigenvalue weighted by atomic mass is 9.90. The lowest BCUT2D eigenvalue weighted by Gasteiger charge is -2.40. The number of phenolic OH excluding ortho intramolecular Hbond substituents is 1. The number of carbonyl (C=O) groups is 2. The molecule has 0 aromatic heterocycles. The van der Waals surface area contributed by atoms with E-state index in [1.54, 1.807) is 24.1 Å². The number of aryl methyl sites for hydroxylation is 1. The summed E-state index contributed by atoms with van der Waals surface area (Å²) in [5, 5.41) is 32.3. The highest BCUT2D eigenvalue weighted by Gasteiger charge is 2.38. The first-order valence-corrected chi connectivity index (χ1v) is 12.0. The van der Waals surface area contributed by atoms with Crippen LogP contribution in [0.15, 0.2) is 65.3 Å². The maximum absolute atomic E-state index is 13.0. The first kappa shape index (κ1) is 25.1. The molecule has 0 saturated carbocycles. The molecule has 0 bridgehead atoms. The fraction of sp³-hybridized carbons (Fsp3) is 0.333. The van der Waals surface area contributed by atoms with Crippen molar-refractivity contribution in [1.29, 1.82) is 5.41 Å². The Morgan fingerprint density at radius 3 is 2.53 bits per heavy atom. The molecular weight excluding hydrogens is 458 g/mol. The van der Waals surface area contributed by atoms with Gasteiger partial charge in [-0.15, -0.1) is 0 Å². The standard InChI is InChI=1S/C27H31N5O4/c1-29-24(20-8-5-9-21(33)16-20)25-23(28)26(35)32(18-30-25)17-27(36)12-14-31(15-13-27)22(34)11-10-19-6-3-2-4-7-19/h2-9,16,18,28-29,33,36H,10-15,17H2,1H3/b25-24+,28-23?. The smallest absolute Gasteiger partial charge is 0.279 e. The number of aliphatic hydroxyl groups is 1. The lowest BCUT2D eigenvalue weighted by Crippen LogP contribution is -2.54. The Bertz CT molecular complexity index is 1200. The van der Waals surface area contributed by atoms with E-state index >= 15 is 0 Å². The predicted molar refractivity (Wildman–Crippen MR) is 138 cm³/mol. The average Bonchev–Trinajstić information content (AvgIpc) is 2.88. The molecule has 9 nitrogen and oxygen atoms in total. The molecule has 2 aromatic rings. The molecule has 4 N–H and O–H groups in total. The van der Waals surface area contributed by atoms with Crippen LogP contribution in [0.5, 0.6) is 5.75 Å². The average molecular weight is 490 g/mol. The maximum atomic E-state index is 13.0. The van der Waals surface area contributed by atoms with E-state index in [-0.39, 0.29) is 29.6 Å². The van der Waals surface area contributed by atoms with Crippen LogP contribution in [-0.2, 0) is 16.0 Å². The molecule has 0 unspecified atom stereocenters. The van der Waals surface area contributed by atoms with Crippen molar-refractivity contribution in [1.82, 2.24) is 15.1 Å². The number of hydrogen-bond donors (Lipinski definition) is 4. The van der Waals surface area contributed by atoms with Crippen molar-refractivity contribution in [2.75, 3.05) is 26.7 Å². The van der Waals surface area contributed by atoms with Gasteiger partial charge in [-0.3, -0.25) is 19.9 Å². The third-order valence-corrected chi connectivity index (χ3v) is 6.64. The van der Waals surface area contributed by atoms with Gasteiger partial charge in [-0.25, -0.2) is 4.99 Å². The Labute approximate surface area is 210 Å². The molecule has 2 heterocycles. The number of phenols is 1. The first-order chi connectivity index (χ1) is 17.3. The number of rotatable bonds is 7. The lowest BCUT2D eigenvalue weighted by molar-refractivity contribution is -0.137. The summed E-state index contributed by atoms with van der Waals surface area (Å²) in [5.74, 6) is -0.449. The molecule has 0 radical (unpaired) electrons. The van der Waals surface area contributed by atoms with Crippen molar-refractivity contribution >= 4 is 29.6 Å². The number of carbonyl (C=O) groups excluding carboxylic acids is 2. The van der Waals surface area contributed by atoms with E-state index in [1.807, 2.05) is 30.3 Å². The van der Waals surface area contributed by atoms with Gasteiger partial charge in [0.25, 0.3) is 5.91 Å². The van der Waals surface area contributed by atoms with Crippen LogP contribution < -0.4 is 5.32 Å². The van der Waals surface area contributed by atoms with E-state index in [4.69, 9.17) is 5.41 Å². The van der Waals surface area contributed by atoms with Gasteiger partial charge in [0, 0.05) is 32.1 Å². The van der Waals surface area contributed by atoms with Crippen LogP contribution in [-0.4, -0.2) is 76.2 Å². The molecule has 0 spiro atoms. The highest BCUT2D eigenvalue weighted by atomic mass is 16.3. The fourth-order valence-corrected chi connectivity index (χ4v) is 4.55. The second-order valence-corrected chi connectivity index (χ2v) is 9.17. The molecule has 2 aromatic carbocycles. The summed E-state index contributed by atoms with van der Waals surface area (Å²) in [6.45, 7) is 0.818. The minimum atomic E-state index is -1.17. The van der Waals surface area contributed by atoms with Gasteiger partial charge in [0.1, 0.15) is 17.2 Å². The number of β-amino-alcohol motifs (C(OH)–C–C–N with tert-alkyl or cyclic N) is 1. The Morgan fingerprint density at radius 2 is 1.86 bits per heavy atom. The van der Waals surface area contributed by atoms with Gasteiger partial charge in [0.05, 0.1) is 24.2 Å². The molecule has 0 aliphatic carbocycles. The summed E-state index contributed by atoms with van der Waals surface area (Å²) in [4.78, 5) is 33.0. The zero-order valence-electron chi connectivity index (χ0n) is 20.3. The Balaban J connectivity index is 1.38. The van der Waals surface area contributed by atoms with Gasteiger partial charge in [-0.2, -0.15) is 0 Å². The summed E-state index contributed by atoms with van der Waals surface area (Å²) >= 11 is 0. The van der Waals surface area contributed by atoms with Gasteiger partial charge in [-0.1, -0.05) is 42.5 Å². The monoisotopic (exact) mass is 489 g/mol. The summed E-state index contributed by atoms with van der Waals surface area (Å²) in [6.07, 6.45) is 3.10. The molecule has 188 valence electrons. The van der Waals surface area contributed by atoms with Crippen molar-refractivity contribution in [2.45, 2.75) is 31.3 Å². The number of amides is 2. The van der Waals surface area contributed by atoms with Crippen molar-refractivity contribution in [3.8, 4) is 5.75 Å². The summed E-state index contributed by atoms with van der Waals surface area (Å²) < 4.78 is 0. The van der Waals surface area contributed by atoms with Crippen molar-refractivity contribution in [3.05, 3.63) is 71.4 Å². The minimum Gasteiger partial charge on any atom is -0.508 e.